The summed E-state index contributed by atoms with van der Waals surface area (Å²) in [6.45, 7) is 1.98. The molecule has 1 aliphatic rings. The van der Waals surface area contributed by atoms with Crippen molar-refractivity contribution in [1.82, 2.24) is 14.9 Å². The zero-order chi connectivity index (χ0) is 20.9. The van der Waals surface area contributed by atoms with Gasteiger partial charge in [-0.25, -0.2) is 0 Å². The van der Waals surface area contributed by atoms with Crippen LogP contribution in [0.1, 0.15) is 59.1 Å². The van der Waals surface area contributed by atoms with E-state index in [0.717, 1.165) is 47.7 Å². The molecule has 0 unspecified atom stereocenters. The highest BCUT2D eigenvalue weighted by Gasteiger charge is 2.36. The minimum Gasteiger partial charge on any atom is -0.351 e. The zero-order valence-electron chi connectivity index (χ0n) is 16.8. The molecule has 0 aliphatic heterocycles. The Labute approximate surface area is 184 Å². The van der Waals surface area contributed by atoms with Gasteiger partial charge in [0, 0.05) is 22.0 Å². The predicted molar refractivity (Wildman–Crippen MR) is 120 cm³/mol. The van der Waals surface area contributed by atoms with Crippen molar-refractivity contribution >= 4 is 40.4 Å². The Morgan fingerprint density at radius 1 is 1.13 bits per heavy atom. The van der Waals surface area contributed by atoms with Gasteiger partial charge in [0.25, 0.3) is 5.91 Å². The minimum absolute atomic E-state index is 0.146. The second-order valence-corrected chi connectivity index (χ2v) is 9.07. The summed E-state index contributed by atoms with van der Waals surface area (Å²) in [7, 11) is 0. The van der Waals surface area contributed by atoms with E-state index in [4.69, 9.17) is 0 Å². The van der Waals surface area contributed by atoms with Crippen LogP contribution in [-0.4, -0.2) is 27.4 Å². The third-order valence-corrected chi connectivity index (χ3v) is 7.02. The molecule has 2 heterocycles. The molecule has 2 aromatic heterocycles. The third-order valence-electron chi connectivity index (χ3n) is 5.44. The van der Waals surface area contributed by atoms with Gasteiger partial charge >= 0.3 is 0 Å². The van der Waals surface area contributed by atoms with Crippen molar-refractivity contribution in [1.29, 1.82) is 0 Å². The lowest BCUT2D eigenvalue weighted by molar-refractivity contribution is -0.123. The van der Waals surface area contributed by atoms with Crippen LogP contribution in [0.5, 0.6) is 0 Å². The van der Waals surface area contributed by atoms with Gasteiger partial charge in [-0.2, -0.15) is 0 Å². The fourth-order valence-electron chi connectivity index (χ4n) is 3.90. The number of aryl methyl sites for hydroxylation is 1. The molecular formula is C22H24N4O2S2. The van der Waals surface area contributed by atoms with E-state index in [1.807, 2.05) is 48.7 Å². The van der Waals surface area contributed by atoms with Crippen molar-refractivity contribution in [3.05, 3.63) is 63.3 Å². The van der Waals surface area contributed by atoms with Crippen LogP contribution in [0.3, 0.4) is 0 Å². The molecule has 4 rings (SSSR count). The van der Waals surface area contributed by atoms with Crippen molar-refractivity contribution in [2.45, 2.75) is 51.1 Å². The van der Waals surface area contributed by atoms with Crippen LogP contribution >= 0.6 is 22.9 Å². The third kappa shape index (κ3) is 4.44. The van der Waals surface area contributed by atoms with E-state index in [-0.39, 0.29) is 23.6 Å². The van der Waals surface area contributed by atoms with Gasteiger partial charge in [0.05, 0.1) is 0 Å². The average molecular weight is 441 g/mol. The topological polar surface area (TPSA) is 75.2 Å². The molecule has 0 spiro atoms. The van der Waals surface area contributed by atoms with Crippen LogP contribution in [0.15, 0.2) is 47.2 Å². The summed E-state index contributed by atoms with van der Waals surface area (Å²) >= 11 is 2.62. The lowest BCUT2D eigenvalue weighted by Gasteiger charge is -2.32. The molecule has 0 bridgehead atoms. The maximum Gasteiger partial charge on any atom is 0.280 e. The molecular weight excluding hydrogens is 416 g/mol. The molecule has 3 aromatic rings. The van der Waals surface area contributed by atoms with E-state index in [9.17, 15) is 9.59 Å². The van der Waals surface area contributed by atoms with Crippen LogP contribution in [0.4, 0.5) is 5.69 Å². The quantitative estimate of drug-likeness (QED) is 0.600. The second kappa shape index (κ2) is 9.49. The summed E-state index contributed by atoms with van der Waals surface area (Å²) < 4.78 is 3.84. The Bertz CT molecular complexity index is 982. The second-order valence-electron chi connectivity index (χ2n) is 7.51. The molecule has 8 heteroatoms. The lowest BCUT2D eigenvalue weighted by atomic mass is 9.95. The average Bonchev–Trinajstić information content (AvgIpc) is 3.45. The van der Waals surface area contributed by atoms with E-state index in [2.05, 4.69) is 14.9 Å². The van der Waals surface area contributed by atoms with Crippen LogP contribution in [0, 0.1) is 6.92 Å². The first-order valence-electron chi connectivity index (χ1n) is 10.1. The Balaban J connectivity index is 1.75. The number of anilines is 1. The molecule has 2 amide bonds. The van der Waals surface area contributed by atoms with E-state index in [1.54, 1.807) is 10.3 Å². The van der Waals surface area contributed by atoms with Gasteiger partial charge < -0.3 is 5.32 Å². The minimum atomic E-state index is -0.761. The number of amides is 2. The summed E-state index contributed by atoms with van der Waals surface area (Å²) in [6, 6.07) is 10.7. The molecule has 1 N–H and O–H groups in total. The summed E-state index contributed by atoms with van der Waals surface area (Å²) in [5, 5.41) is 10.8. The molecule has 156 valence electrons. The normalized spacial score (nSPS) is 15.5. The highest BCUT2D eigenvalue weighted by molar-refractivity contribution is 7.10. The van der Waals surface area contributed by atoms with Gasteiger partial charge in [0.15, 0.2) is 11.7 Å². The molecule has 0 saturated heterocycles. The summed E-state index contributed by atoms with van der Waals surface area (Å²) in [6.07, 6.45) is 5.43. The van der Waals surface area contributed by atoms with E-state index in [0.29, 0.717) is 5.69 Å². The van der Waals surface area contributed by atoms with Crippen molar-refractivity contribution in [3.8, 4) is 0 Å². The highest BCUT2D eigenvalue weighted by Crippen LogP contribution is 2.34. The standard InChI is InChI=1S/C22H24N4O2S2/c1-15-12-13-29-20(15)19(21(27)23-16-8-4-2-5-9-16)26(17-10-6-3-7-11-17)22(28)18-14-30-25-24-18/h3,6-7,10-14,16,19H,2,4-5,8-9H2,1H3,(H,23,27)/t19-/m0/s1. The smallest absolute Gasteiger partial charge is 0.280 e. The molecule has 0 radical (unpaired) electrons. The first-order valence-corrected chi connectivity index (χ1v) is 11.9. The maximum atomic E-state index is 13.6. The van der Waals surface area contributed by atoms with E-state index < -0.39 is 6.04 Å². The van der Waals surface area contributed by atoms with Gasteiger partial charge in [-0.15, -0.1) is 16.4 Å². The van der Waals surface area contributed by atoms with E-state index in [1.165, 1.54) is 17.8 Å². The van der Waals surface area contributed by atoms with Gasteiger partial charge in [0.2, 0.25) is 5.91 Å². The Morgan fingerprint density at radius 2 is 1.90 bits per heavy atom. The summed E-state index contributed by atoms with van der Waals surface area (Å²) in [5.41, 5.74) is 1.90. The van der Waals surface area contributed by atoms with Crippen LogP contribution < -0.4 is 10.2 Å². The van der Waals surface area contributed by atoms with Crippen molar-refractivity contribution in [2.75, 3.05) is 4.90 Å². The number of nitrogens with one attached hydrogen (secondary N) is 1. The van der Waals surface area contributed by atoms with Gasteiger partial charge in [-0.3, -0.25) is 14.5 Å². The maximum absolute atomic E-state index is 13.6. The van der Waals surface area contributed by atoms with Gasteiger partial charge in [-0.05, 0) is 60.4 Å². The number of para-hydroxylation sites is 1. The first kappa shape index (κ1) is 20.7. The van der Waals surface area contributed by atoms with Crippen LogP contribution in [-0.2, 0) is 4.79 Å². The van der Waals surface area contributed by atoms with Gasteiger partial charge in [-0.1, -0.05) is 41.9 Å². The Kier molecular flexibility index (Phi) is 6.54. The molecule has 1 atom stereocenters. The van der Waals surface area contributed by atoms with Crippen LogP contribution in [0.25, 0.3) is 0 Å². The SMILES string of the molecule is Cc1ccsc1[C@@H](C(=O)NC1CCCCC1)N(C(=O)c1csnn1)c1ccccc1. The molecule has 6 nitrogen and oxygen atoms in total. The Hall–Kier alpha value is -2.58. The summed E-state index contributed by atoms with van der Waals surface area (Å²) in [4.78, 5) is 29.6. The van der Waals surface area contributed by atoms with Crippen molar-refractivity contribution in [3.63, 3.8) is 0 Å². The number of nitrogens with zero attached hydrogens (tertiary/aromatic N) is 3. The van der Waals surface area contributed by atoms with Crippen molar-refractivity contribution < 1.29 is 9.59 Å². The zero-order valence-corrected chi connectivity index (χ0v) is 18.4. The predicted octanol–water partition coefficient (Wildman–Crippen LogP) is 4.75. The number of thiophene rings is 1. The van der Waals surface area contributed by atoms with E-state index >= 15 is 0 Å². The van der Waals surface area contributed by atoms with Crippen LogP contribution in [0.2, 0.25) is 0 Å². The molecule has 1 aliphatic carbocycles. The molecule has 1 saturated carbocycles. The Morgan fingerprint density at radius 3 is 2.53 bits per heavy atom. The molecule has 1 fully saturated rings. The molecule has 30 heavy (non-hydrogen) atoms. The van der Waals surface area contributed by atoms with Gasteiger partial charge in [0.1, 0.15) is 0 Å². The largest absolute Gasteiger partial charge is 0.351 e. The number of benzene rings is 1. The number of carbonyl (C=O) groups excluding carboxylic acids is 2. The number of hydrogen-bond acceptors (Lipinski definition) is 6. The fraction of sp³-hybridized carbons (Fsp3) is 0.364. The number of carbonyl (C=O) groups is 2. The monoisotopic (exact) mass is 440 g/mol. The number of rotatable bonds is 6. The number of hydrogen-bond donors (Lipinski definition) is 1. The summed E-state index contributed by atoms with van der Waals surface area (Å²) in [5.74, 6) is -0.473. The number of aromatic nitrogens is 2. The molecule has 1 aromatic carbocycles. The fourth-order valence-corrected chi connectivity index (χ4v) is 5.34. The lowest BCUT2D eigenvalue weighted by Crippen LogP contribution is -2.47. The highest BCUT2D eigenvalue weighted by atomic mass is 32.1. The van der Waals surface area contributed by atoms with Crippen molar-refractivity contribution in [2.24, 2.45) is 0 Å². The first-order chi connectivity index (χ1) is 14.6.